The molecule has 2 aromatic carbocycles. The average Bonchev–Trinajstić information content (AvgIpc) is 4.00. The lowest BCUT2D eigenvalue weighted by Gasteiger charge is -2.50. The highest BCUT2D eigenvalue weighted by atomic mass is 16.8. The van der Waals surface area contributed by atoms with Gasteiger partial charge in [-0.15, -0.1) is 0 Å². The molecule has 296 valence electrons. The third-order valence-electron chi connectivity index (χ3n) is 12.4. The van der Waals surface area contributed by atoms with Crippen LogP contribution in [0.4, 0.5) is 0 Å². The molecule has 2 N–H and O–H groups in total. The highest BCUT2D eigenvalue weighted by Crippen LogP contribution is 2.59. The van der Waals surface area contributed by atoms with Crippen molar-refractivity contribution in [2.45, 2.75) is 101 Å². The topological polar surface area (TPSA) is 179 Å². The Bertz CT molecular complexity index is 1980. The monoisotopic (exact) mass is 771 g/mol. The number of nitrogens with zero attached hydrogens (tertiary/aromatic N) is 2. The van der Waals surface area contributed by atoms with Gasteiger partial charge in [0, 0.05) is 43.8 Å². The number of hydrogen-bond acceptors (Lipinski definition) is 13. The number of hydrogen-bond donors (Lipinski definition) is 2. The molecule has 2 aliphatic carbocycles. The molecule has 0 radical (unpaired) electrons. The lowest BCUT2D eigenvalue weighted by molar-refractivity contribution is -0.218. The number of hydroxylamine groups is 2. The van der Waals surface area contributed by atoms with Crippen molar-refractivity contribution in [2.75, 3.05) is 26.3 Å². The van der Waals surface area contributed by atoms with E-state index in [2.05, 4.69) is 5.32 Å². The summed E-state index contributed by atoms with van der Waals surface area (Å²) < 4.78 is 30.2. The first-order valence-corrected chi connectivity index (χ1v) is 19.3. The quantitative estimate of drug-likeness (QED) is 0.212. The molecule has 2 aromatic rings. The summed E-state index contributed by atoms with van der Waals surface area (Å²) in [6, 6.07) is 13.3. The molecule has 5 saturated heterocycles. The van der Waals surface area contributed by atoms with Crippen LogP contribution in [0.1, 0.15) is 55.4 Å². The first-order chi connectivity index (χ1) is 26.9. The first-order valence-electron chi connectivity index (χ1n) is 19.3. The summed E-state index contributed by atoms with van der Waals surface area (Å²) in [4.78, 5) is 75.9. The second-order valence-corrected chi connectivity index (χ2v) is 16.6. The highest BCUT2D eigenvalue weighted by Gasteiger charge is 2.77. The van der Waals surface area contributed by atoms with Crippen LogP contribution in [-0.2, 0) is 71.9 Å². The zero-order chi connectivity index (χ0) is 39.0. The van der Waals surface area contributed by atoms with Crippen molar-refractivity contribution >= 4 is 35.8 Å². The molecule has 56 heavy (non-hydrogen) atoms. The van der Waals surface area contributed by atoms with E-state index in [9.17, 15) is 24.3 Å². The number of ether oxygens (including phenoxy) is 5. The molecule has 2 bridgehead atoms. The van der Waals surface area contributed by atoms with E-state index in [1.54, 1.807) is 37.0 Å². The summed E-state index contributed by atoms with van der Waals surface area (Å²) in [7, 11) is 0. The molecule has 5 heterocycles. The first kappa shape index (κ1) is 36.9. The summed E-state index contributed by atoms with van der Waals surface area (Å²) in [6.07, 6.45) is 0.759. The van der Waals surface area contributed by atoms with Crippen LogP contribution in [0.5, 0.6) is 0 Å². The number of carbonyl (C=O) groups is 5. The number of rotatable bonds is 9. The minimum absolute atomic E-state index is 0.0568. The number of nitrogens with one attached hydrogen (secondary N) is 1. The summed E-state index contributed by atoms with van der Waals surface area (Å²) >= 11 is 0. The van der Waals surface area contributed by atoms with Gasteiger partial charge in [0.1, 0.15) is 42.5 Å². The highest BCUT2D eigenvalue weighted by molar-refractivity contribution is 5.96. The van der Waals surface area contributed by atoms with E-state index >= 15 is 4.79 Å². The second kappa shape index (κ2) is 13.8. The summed E-state index contributed by atoms with van der Waals surface area (Å²) in [5.41, 5.74) is 1.45. The van der Waals surface area contributed by atoms with Gasteiger partial charge in [-0.25, -0.2) is 9.59 Å². The van der Waals surface area contributed by atoms with Gasteiger partial charge in [0.05, 0.1) is 13.2 Å². The molecular formula is C41H45N3O12. The van der Waals surface area contributed by atoms with Gasteiger partial charge in [-0.05, 0) is 41.2 Å². The van der Waals surface area contributed by atoms with Gasteiger partial charge in [-0.1, -0.05) is 62.4 Å². The van der Waals surface area contributed by atoms with Gasteiger partial charge < -0.3 is 39.0 Å². The van der Waals surface area contributed by atoms with Gasteiger partial charge in [-0.3, -0.25) is 19.2 Å². The molecule has 2 amide bonds. The van der Waals surface area contributed by atoms with Crippen LogP contribution >= 0.6 is 0 Å². The Morgan fingerprint density at radius 3 is 2.52 bits per heavy atom. The smallest absolute Gasteiger partial charge is 0.348 e. The van der Waals surface area contributed by atoms with Crippen LogP contribution in [-0.4, -0.2) is 119 Å². The maximum Gasteiger partial charge on any atom is 0.348 e. The Morgan fingerprint density at radius 1 is 1.02 bits per heavy atom. The maximum absolute atomic E-state index is 15.2. The predicted octanol–water partition coefficient (Wildman–Crippen LogP) is 1.37. The van der Waals surface area contributed by atoms with Crippen LogP contribution in [0.25, 0.3) is 6.08 Å². The normalized spacial score (nSPS) is 33.3. The standard InChI is InChI=1S/C41H45N3O12/c1-39(2)22-51-37(49)34(39)53-29(46)13-12-23-7-5-8-24(17-23)21-44-32-36(48)52-28-20-41(32,38(50)43-15-6-11-27(43)35(47)42-14-16-45)33(56-44)31-30(28)54-40(55-31)18-25-9-3-4-10-26(25)19-40/h3-5,7-10,12-13,17,27-28,30-34,45H,6,11,14-16,18-22H2,1-2H3,(H,42,47). The fourth-order valence-corrected chi connectivity index (χ4v) is 9.82. The molecule has 7 aliphatic rings. The molecule has 1 saturated carbocycles. The van der Waals surface area contributed by atoms with Crippen molar-refractivity contribution in [1.29, 1.82) is 0 Å². The number of aliphatic hydroxyl groups excluding tert-OH is 1. The predicted molar refractivity (Wildman–Crippen MR) is 192 cm³/mol. The Morgan fingerprint density at radius 2 is 1.79 bits per heavy atom. The Kier molecular flexibility index (Phi) is 9.08. The van der Waals surface area contributed by atoms with Crippen LogP contribution in [0.15, 0.2) is 54.6 Å². The van der Waals surface area contributed by atoms with Gasteiger partial charge in [0.15, 0.2) is 11.8 Å². The van der Waals surface area contributed by atoms with E-state index in [1.807, 2.05) is 36.4 Å². The number of fused-ring (bicyclic) bond motifs is 5. The van der Waals surface area contributed by atoms with E-state index < -0.39 is 77.1 Å². The van der Waals surface area contributed by atoms with E-state index in [4.69, 9.17) is 28.5 Å². The number of carbonyl (C=O) groups excluding carboxylic acids is 5. The van der Waals surface area contributed by atoms with Crippen molar-refractivity contribution in [1.82, 2.24) is 15.3 Å². The SMILES string of the molecule is CC1(C)COC(=O)C1OC(=O)C=Cc1cccc(CN2OC3C4OC5(Cc6ccccc6C5)OC4C4CC3(C(=O)N3CCCC3C(=O)NCCO)C2C(=O)O4)c1. The molecule has 6 fully saturated rings. The van der Waals surface area contributed by atoms with Crippen LogP contribution < -0.4 is 5.32 Å². The largest absolute Gasteiger partial charge is 0.462 e. The zero-order valence-corrected chi connectivity index (χ0v) is 31.2. The Labute approximate surface area is 323 Å². The number of amides is 2. The lowest BCUT2D eigenvalue weighted by Crippen LogP contribution is -2.70. The number of benzene rings is 2. The van der Waals surface area contributed by atoms with E-state index in [0.717, 1.165) is 11.1 Å². The van der Waals surface area contributed by atoms with Gasteiger partial charge in [0.25, 0.3) is 0 Å². The molecule has 8 unspecified atom stereocenters. The van der Waals surface area contributed by atoms with E-state index in [1.165, 1.54) is 11.1 Å². The second-order valence-electron chi connectivity index (χ2n) is 16.6. The molecular weight excluding hydrogens is 726 g/mol. The molecule has 15 heteroatoms. The number of cyclic esters (lactones) is 1. The number of likely N-dealkylation sites (tertiary alicyclic amines) is 1. The number of esters is 3. The molecule has 5 aliphatic heterocycles. The molecule has 15 nitrogen and oxygen atoms in total. The van der Waals surface area contributed by atoms with Gasteiger partial charge in [-0.2, -0.15) is 5.06 Å². The fraction of sp³-hybridized carbons (Fsp3) is 0.537. The van der Waals surface area contributed by atoms with Crippen molar-refractivity contribution in [3.63, 3.8) is 0 Å². The molecule has 9 rings (SSSR count). The molecule has 1 spiro atoms. The van der Waals surface area contributed by atoms with Crippen molar-refractivity contribution in [3.8, 4) is 0 Å². The summed E-state index contributed by atoms with van der Waals surface area (Å²) in [5.74, 6) is -3.65. The minimum Gasteiger partial charge on any atom is -0.462 e. The van der Waals surface area contributed by atoms with Crippen LogP contribution in [0.3, 0.4) is 0 Å². The zero-order valence-electron chi connectivity index (χ0n) is 31.2. The van der Waals surface area contributed by atoms with E-state index in [0.29, 0.717) is 43.4 Å². The van der Waals surface area contributed by atoms with E-state index in [-0.39, 0.29) is 44.5 Å². The lowest BCUT2D eigenvalue weighted by atomic mass is 9.62. The van der Waals surface area contributed by atoms with Gasteiger partial charge in [0.2, 0.25) is 17.9 Å². The summed E-state index contributed by atoms with van der Waals surface area (Å²) in [6.45, 7) is 3.94. The third kappa shape index (κ3) is 6.02. The Hall–Kier alpha value is -4.67. The van der Waals surface area contributed by atoms with Crippen LogP contribution in [0.2, 0.25) is 0 Å². The van der Waals surface area contributed by atoms with Gasteiger partial charge >= 0.3 is 17.9 Å². The third-order valence-corrected chi connectivity index (χ3v) is 12.4. The van der Waals surface area contributed by atoms with Crippen molar-refractivity contribution < 1.29 is 57.6 Å². The van der Waals surface area contributed by atoms with Crippen LogP contribution in [0, 0.1) is 10.8 Å². The fourth-order valence-electron chi connectivity index (χ4n) is 9.82. The summed E-state index contributed by atoms with van der Waals surface area (Å²) in [5, 5.41) is 13.6. The minimum atomic E-state index is -1.46. The maximum atomic E-state index is 15.2. The Balaban J connectivity index is 1.01. The number of aliphatic hydroxyl groups is 1. The van der Waals surface area contributed by atoms with Crippen molar-refractivity contribution in [3.05, 3.63) is 76.9 Å². The molecule has 8 atom stereocenters. The van der Waals surface area contributed by atoms with Crippen molar-refractivity contribution in [2.24, 2.45) is 10.8 Å². The average molecular weight is 772 g/mol. The molecule has 0 aromatic heterocycles.